The summed E-state index contributed by atoms with van der Waals surface area (Å²) in [5.41, 5.74) is 1.87. The molecule has 1 aromatic carbocycles. The van der Waals surface area contributed by atoms with Gasteiger partial charge in [0.05, 0.1) is 4.88 Å². The summed E-state index contributed by atoms with van der Waals surface area (Å²) in [5.74, 6) is -0.0300. The third-order valence-electron chi connectivity index (χ3n) is 5.74. The number of hydrogen-bond donors (Lipinski definition) is 2. The highest BCUT2D eigenvalue weighted by molar-refractivity contribution is 7.20. The number of carbonyl (C=O) groups excluding carboxylic acids is 1. The molecular weight excluding hydrogens is 430 g/mol. The van der Waals surface area contributed by atoms with Crippen molar-refractivity contribution >= 4 is 39.1 Å². The van der Waals surface area contributed by atoms with Crippen LogP contribution in [0.5, 0.6) is 0 Å². The van der Waals surface area contributed by atoms with Crippen LogP contribution in [0.15, 0.2) is 30.3 Å². The molecule has 1 amide bonds. The fraction of sp³-hybridized carbons (Fsp3) is 0.478. The molecule has 0 atom stereocenters. The lowest BCUT2D eigenvalue weighted by atomic mass is 10.1. The van der Waals surface area contributed by atoms with Crippen LogP contribution in [0.25, 0.3) is 21.5 Å². The average molecular weight is 460 g/mol. The first-order valence-electron chi connectivity index (χ1n) is 11.1. The summed E-state index contributed by atoms with van der Waals surface area (Å²) in [7, 11) is 1.91. The Hall–Kier alpha value is -1.93. The average Bonchev–Trinajstić information content (AvgIpc) is 3.22. The molecule has 1 aliphatic heterocycles. The van der Waals surface area contributed by atoms with Gasteiger partial charge in [-0.1, -0.05) is 36.6 Å². The Morgan fingerprint density at radius 1 is 1.10 bits per heavy atom. The van der Waals surface area contributed by atoms with E-state index in [-0.39, 0.29) is 5.91 Å². The summed E-state index contributed by atoms with van der Waals surface area (Å²) in [6.07, 6.45) is 5.37. The topological polar surface area (TPSA) is 62.2 Å². The standard InChI is InChI=1S/C23H30ClN5OS/c1-28-23-19(21(27-28)17-6-8-18(24)9-7-17)16-20(31-23)22(30)26-11-10-25-12-15-29-13-4-2-3-5-14-29/h6-9,16,25H,2-5,10-15H2,1H3,(H,26,30). The second kappa shape index (κ2) is 10.6. The lowest BCUT2D eigenvalue weighted by Crippen LogP contribution is -2.36. The van der Waals surface area contributed by atoms with Gasteiger partial charge in [0.1, 0.15) is 10.5 Å². The van der Waals surface area contributed by atoms with E-state index in [1.54, 1.807) is 0 Å². The quantitative estimate of drug-likeness (QED) is 0.497. The van der Waals surface area contributed by atoms with Crippen LogP contribution in [0.3, 0.4) is 0 Å². The van der Waals surface area contributed by atoms with Crippen LogP contribution in [0.1, 0.15) is 35.4 Å². The highest BCUT2D eigenvalue weighted by atomic mass is 35.5. The maximum Gasteiger partial charge on any atom is 0.261 e. The molecular formula is C23H30ClN5OS. The third-order valence-corrected chi connectivity index (χ3v) is 7.20. The Kier molecular flexibility index (Phi) is 7.61. The van der Waals surface area contributed by atoms with Crippen LogP contribution >= 0.6 is 22.9 Å². The van der Waals surface area contributed by atoms with Crippen molar-refractivity contribution in [2.24, 2.45) is 7.05 Å². The van der Waals surface area contributed by atoms with E-state index in [1.807, 2.05) is 42.1 Å². The molecule has 6 nitrogen and oxygen atoms in total. The van der Waals surface area contributed by atoms with E-state index >= 15 is 0 Å². The van der Waals surface area contributed by atoms with E-state index < -0.39 is 0 Å². The number of amides is 1. The number of benzene rings is 1. The van der Waals surface area contributed by atoms with E-state index in [0.717, 1.165) is 41.1 Å². The Morgan fingerprint density at radius 2 is 1.84 bits per heavy atom. The second-order valence-corrected chi connectivity index (χ2v) is 9.54. The second-order valence-electron chi connectivity index (χ2n) is 8.07. The van der Waals surface area contributed by atoms with Crippen molar-refractivity contribution in [3.05, 3.63) is 40.2 Å². The number of thiophene rings is 1. The molecule has 0 radical (unpaired) electrons. The molecule has 2 aromatic heterocycles. The van der Waals surface area contributed by atoms with E-state index in [0.29, 0.717) is 16.4 Å². The van der Waals surface area contributed by atoms with Gasteiger partial charge in [0.25, 0.3) is 5.91 Å². The van der Waals surface area contributed by atoms with E-state index in [1.165, 1.54) is 50.1 Å². The first-order chi connectivity index (χ1) is 15.1. The molecule has 31 heavy (non-hydrogen) atoms. The van der Waals surface area contributed by atoms with Crippen molar-refractivity contribution in [2.75, 3.05) is 39.3 Å². The van der Waals surface area contributed by atoms with Crippen LogP contribution < -0.4 is 10.6 Å². The van der Waals surface area contributed by atoms with Crippen LogP contribution in [0.4, 0.5) is 0 Å². The minimum Gasteiger partial charge on any atom is -0.350 e. The smallest absolute Gasteiger partial charge is 0.261 e. The van der Waals surface area contributed by atoms with Gasteiger partial charge in [0, 0.05) is 49.2 Å². The fourth-order valence-electron chi connectivity index (χ4n) is 4.05. The predicted octanol–water partition coefficient (Wildman–Crippen LogP) is 4.15. The molecule has 1 fully saturated rings. The minimum absolute atomic E-state index is 0.0300. The van der Waals surface area contributed by atoms with Crippen molar-refractivity contribution in [2.45, 2.75) is 25.7 Å². The summed E-state index contributed by atoms with van der Waals surface area (Å²) in [6.45, 7) is 5.89. The van der Waals surface area contributed by atoms with Crippen molar-refractivity contribution in [3.8, 4) is 11.3 Å². The number of carbonyl (C=O) groups is 1. The number of nitrogens with zero attached hydrogens (tertiary/aromatic N) is 3. The van der Waals surface area contributed by atoms with Gasteiger partial charge in [0.15, 0.2) is 0 Å². The zero-order chi connectivity index (χ0) is 21.6. The monoisotopic (exact) mass is 459 g/mol. The van der Waals surface area contributed by atoms with Gasteiger partial charge in [-0.15, -0.1) is 11.3 Å². The van der Waals surface area contributed by atoms with Crippen LogP contribution in [0, 0.1) is 0 Å². The maximum absolute atomic E-state index is 12.7. The number of aryl methyl sites for hydroxylation is 1. The number of hydrogen-bond acceptors (Lipinski definition) is 5. The SMILES string of the molecule is Cn1nc(-c2ccc(Cl)cc2)c2cc(C(=O)NCCNCCN3CCCCCC3)sc21. The van der Waals surface area contributed by atoms with Gasteiger partial charge in [0.2, 0.25) is 0 Å². The molecule has 3 heterocycles. The Labute approximate surface area is 192 Å². The molecule has 3 aromatic rings. The van der Waals surface area contributed by atoms with Gasteiger partial charge in [-0.2, -0.15) is 5.10 Å². The van der Waals surface area contributed by atoms with Gasteiger partial charge in [-0.05, 0) is 44.1 Å². The molecule has 0 bridgehead atoms. The fourth-order valence-corrected chi connectivity index (χ4v) is 5.16. The lowest BCUT2D eigenvalue weighted by molar-refractivity contribution is 0.0958. The summed E-state index contributed by atoms with van der Waals surface area (Å²) >= 11 is 7.49. The predicted molar refractivity (Wildman–Crippen MR) is 129 cm³/mol. The summed E-state index contributed by atoms with van der Waals surface area (Å²) in [5, 5.41) is 12.8. The highest BCUT2D eigenvalue weighted by Gasteiger charge is 2.17. The molecule has 0 unspecified atom stereocenters. The summed E-state index contributed by atoms with van der Waals surface area (Å²) in [6, 6.07) is 9.57. The largest absolute Gasteiger partial charge is 0.350 e. The Morgan fingerprint density at radius 3 is 2.58 bits per heavy atom. The number of nitrogens with one attached hydrogen (secondary N) is 2. The van der Waals surface area contributed by atoms with Gasteiger partial charge in [-0.3, -0.25) is 9.48 Å². The van der Waals surface area contributed by atoms with E-state index in [4.69, 9.17) is 11.6 Å². The number of aromatic nitrogens is 2. The van der Waals surface area contributed by atoms with Crippen LogP contribution in [-0.4, -0.2) is 59.9 Å². The van der Waals surface area contributed by atoms with Crippen molar-refractivity contribution < 1.29 is 4.79 Å². The molecule has 1 aliphatic rings. The van der Waals surface area contributed by atoms with Gasteiger partial charge >= 0.3 is 0 Å². The summed E-state index contributed by atoms with van der Waals surface area (Å²) < 4.78 is 1.84. The first kappa shape index (κ1) is 22.3. The molecule has 1 saturated heterocycles. The molecule has 2 N–H and O–H groups in total. The zero-order valence-corrected chi connectivity index (χ0v) is 19.6. The Balaban J connectivity index is 1.28. The molecule has 8 heteroatoms. The van der Waals surface area contributed by atoms with Crippen LogP contribution in [0.2, 0.25) is 5.02 Å². The number of fused-ring (bicyclic) bond motifs is 1. The van der Waals surface area contributed by atoms with Crippen molar-refractivity contribution in [3.63, 3.8) is 0 Å². The zero-order valence-electron chi connectivity index (χ0n) is 18.0. The normalized spacial score (nSPS) is 15.3. The molecule has 4 rings (SSSR count). The molecule has 0 spiro atoms. The molecule has 166 valence electrons. The number of rotatable bonds is 8. The Bertz CT molecular complexity index is 1010. The maximum atomic E-state index is 12.7. The highest BCUT2D eigenvalue weighted by Crippen LogP contribution is 2.34. The van der Waals surface area contributed by atoms with Crippen molar-refractivity contribution in [1.82, 2.24) is 25.3 Å². The van der Waals surface area contributed by atoms with Gasteiger partial charge in [-0.25, -0.2) is 0 Å². The van der Waals surface area contributed by atoms with Gasteiger partial charge < -0.3 is 15.5 Å². The van der Waals surface area contributed by atoms with E-state index in [9.17, 15) is 4.79 Å². The lowest BCUT2D eigenvalue weighted by Gasteiger charge is -2.19. The summed E-state index contributed by atoms with van der Waals surface area (Å²) in [4.78, 5) is 16.9. The van der Waals surface area contributed by atoms with Crippen LogP contribution in [-0.2, 0) is 7.05 Å². The third kappa shape index (κ3) is 5.66. The number of halogens is 1. The minimum atomic E-state index is -0.0300. The molecule has 0 saturated carbocycles. The van der Waals surface area contributed by atoms with E-state index in [2.05, 4.69) is 20.6 Å². The van der Waals surface area contributed by atoms with Crippen molar-refractivity contribution in [1.29, 1.82) is 0 Å². The molecule has 0 aliphatic carbocycles. The first-order valence-corrected chi connectivity index (χ1v) is 12.2. The number of likely N-dealkylation sites (tertiary alicyclic amines) is 1.